The molecule has 6 N–H and O–H groups in total. The third-order valence-corrected chi connectivity index (χ3v) is 5.32. The number of carbonyl (C=O) groups excluding carboxylic acids is 1. The van der Waals surface area contributed by atoms with Crippen molar-refractivity contribution in [2.24, 2.45) is 11.7 Å². The van der Waals surface area contributed by atoms with Crippen molar-refractivity contribution in [2.45, 2.75) is 57.8 Å². The van der Waals surface area contributed by atoms with E-state index in [4.69, 9.17) is 20.5 Å². The summed E-state index contributed by atoms with van der Waals surface area (Å²) >= 11 is 0. The molecule has 0 aliphatic rings. The minimum atomic E-state index is -4.51. The van der Waals surface area contributed by atoms with Crippen LogP contribution in [0.5, 0.6) is 0 Å². The van der Waals surface area contributed by atoms with Crippen molar-refractivity contribution in [3.8, 4) is 0 Å². The Kier molecular flexibility index (Phi) is 10.5. The normalized spacial score (nSPS) is 16.0. The van der Waals surface area contributed by atoms with Crippen LogP contribution in [-0.2, 0) is 23.5 Å². The van der Waals surface area contributed by atoms with Gasteiger partial charge in [0.1, 0.15) is 5.78 Å². The molecule has 3 unspecified atom stereocenters. The van der Waals surface area contributed by atoms with Gasteiger partial charge in [-0.15, -0.1) is 0 Å². The topological polar surface area (TPSA) is 176 Å². The van der Waals surface area contributed by atoms with Gasteiger partial charge in [0, 0.05) is 7.85 Å². The number of nitrogens with two attached hydrogens (primary N) is 1. The standard InChI is InChI=1S/C14H27N2O8P.H2/c1-9(2)13(16-11(17)6-7-12(18)19)25(22,23)24-10(14(20)21)5-3-4-8-15;/h9-10,13H,3-8,15H2,1-2H3,(H,16,17)(H,18,19)(H,20,21)(H,22,23);1H. The van der Waals surface area contributed by atoms with E-state index >= 15 is 0 Å². The van der Waals surface area contributed by atoms with Gasteiger partial charge in [0.2, 0.25) is 5.91 Å². The number of rotatable bonds is 13. The predicted molar refractivity (Wildman–Crippen MR) is 91.0 cm³/mol. The van der Waals surface area contributed by atoms with Gasteiger partial charge in [-0.3, -0.25) is 18.7 Å². The maximum absolute atomic E-state index is 12.5. The van der Waals surface area contributed by atoms with Crippen LogP contribution in [0, 0.1) is 5.92 Å². The molecule has 0 aromatic heterocycles. The molecule has 0 spiro atoms. The third kappa shape index (κ3) is 9.54. The predicted octanol–water partition coefficient (Wildman–Crippen LogP) is 0.980. The van der Waals surface area contributed by atoms with Crippen LogP contribution >= 0.6 is 7.60 Å². The first-order valence-corrected chi connectivity index (χ1v) is 9.60. The van der Waals surface area contributed by atoms with E-state index in [0.717, 1.165) is 0 Å². The average molecular weight is 384 g/mol. The lowest BCUT2D eigenvalue weighted by molar-refractivity contribution is -0.146. The molecule has 0 heterocycles. The van der Waals surface area contributed by atoms with Crippen molar-refractivity contribution >= 4 is 25.4 Å². The van der Waals surface area contributed by atoms with Crippen molar-refractivity contribution in [2.75, 3.05) is 6.54 Å². The zero-order valence-corrected chi connectivity index (χ0v) is 15.3. The monoisotopic (exact) mass is 384 g/mol. The van der Waals surface area contributed by atoms with E-state index in [0.29, 0.717) is 19.4 Å². The van der Waals surface area contributed by atoms with Gasteiger partial charge in [-0.05, 0) is 31.7 Å². The van der Waals surface area contributed by atoms with Crippen molar-refractivity contribution < 1.29 is 40.0 Å². The molecule has 10 nitrogen and oxygen atoms in total. The SMILES string of the molecule is CC(C)C(NC(=O)CCC(=O)O)P(=O)(O)OC(CCCCN)C(=O)O.[HH]. The number of carbonyl (C=O) groups is 3. The number of aliphatic carboxylic acids is 2. The van der Waals surface area contributed by atoms with E-state index in [1.807, 2.05) is 0 Å². The number of nitrogens with one attached hydrogen (secondary N) is 1. The second-order valence-corrected chi connectivity index (χ2v) is 7.83. The van der Waals surface area contributed by atoms with E-state index in [9.17, 15) is 23.8 Å². The number of hydrogen-bond acceptors (Lipinski definition) is 6. The summed E-state index contributed by atoms with van der Waals surface area (Å²) in [6.07, 6.45) is -1.33. The highest BCUT2D eigenvalue weighted by Gasteiger charge is 2.40. The van der Waals surface area contributed by atoms with Crippen LogP contribution < -0.4 is 11.1 Å². The van der Waals surface area contributed by atoms with Crippen LogP contribution in [0.25, 0.3) is 0 Å². The molecular formula is C14H29N2O8P. The second kappa shape index (κ2) is 11.2. The van der Waals surface area contributed by atoms with Gasteiger partial charge in [0.15, 0.2) is 6.10 Å². The molecule has 0 saturated heterocycles. The summed E-state index contributed by atoms with van der Waals surface area (Å²) in [7, 11) is -4.51. The van der Waals surface area contributed by atoms with Crippen LogP contribution in [0.3, 0.4) is 0 Å². The summed E-state index contributed by atoms with van der Waals surface area (Å²) < 4.78 is 17.4. The summed E-state index contributed by atoms with van der Waals surface area (Å²) in [6, 6.07) is 0. The minimum Gasteiger partial charge on any atom is -0.481 e. The lowest BCUT2D eigenvalue weighted by atomic mass is 10.1. The summed E-state index contributed by atoms with van der Waals surface area (Å²) in [5.41, 5.74) is 5.33. The number of carboxylic acid groups (broad SMARTS) is 2. The van der Waals surface area contributed by atoms with Gasteiger partial charge in [0.05, 0.1) is 6.42 Å². The van der Waals surface area contributed by atoms with E-state index in [2.05, 4.69) is 5.32 Å². The van der Waals surface area contributed by atoms with Gasteiger partial charge in [-0.2, -0.15) is 0 Å². The molecule has 0 aromatic carbocycles. The maximum atomic E-state index is 12.5. The van der Waals surface area contributed by atoms with E-state index in [1.165, 1.54) is 0 Å². The van der Waals surface area contributed by atoms with Gasteiger partial charge < -0.3 is 26.2 Å². The van der Waals surface area contributed by atoms with Crippen LogP contribution in [0.1, 0.15) is 47.4 Å². The average Bonchev–Trinajstić information content (AvgIpc) is 2.49. The summed E-state index contributed by atoms with van der Waals surface area (Å²) in [6.45, 7) is 3.47. The second-order valence-electron chi connectivity index (χ2n) is 5.93. The zero-order valence-electron chi connectivity index (χ0n) is 14.4. The van der Waals surface area contributed by atoms with E-state index in [1.54, 1.807) is 13.8 Å². The molecule has 148 valence electrons. The Morgan fingerprint density at radius 1 is 1.20 bits per heavy atom. The van der Waals surface area contributed by atoms with Gasteiger partial charge >= 0.3 is 19.5 Å². The lowest BCUT2D eigenvalue weighted by Crippen LogP contribution is -2.40. The molecule has 1 amide bonds. The molecule has 0 aliphatic carbocycles. The first-order chi connectivity index (χ1) is 11.5. The molecule has 0 aromatic rings. The molecule has 0 bridgehead atoms. The Morgan fingerprint density at radius 2 is 1.80 bits per heavy atom. The highest BCUT2D eigenvalue weighted by atomic mass is 31.2. The fraction of sp³-hybridized carbons (Fsp3) is 0.786. The van der Waals surface area contributed by atoms with E-state index in [-0.39, 0.29) is 14.3 Å². The fourth-order valence-electron chi connectivity index (χ4n) is 2.03. The highest BCUT2D eigenvalue weighted by molar-refractivity contribution is 7.53. The fourth-order valence-corrected chi connectivity index (χ4v) is 3.78. The Bertz CT molecular complexity index is 517. The lowest BCUT2D eigenvalue weighted by Gasteiger charge is -2.28. The highest BCUT2D eigenvalue weighted by Crippen LogP contribution is 2.50. The number of carboxylic acids is 2. The molecular weight excluding hydrogens is 355 g/mol. The molecule has 25 heavy (non-hydrogen) atoms. The first-order valence-electron chi connectivity index (χ1n) is 7.96. The first kappa shape index (κ1) is 23.5. The van der Waals surface area contributed by atoms with E-state index < -0.39 is 49.7 Å². The van der Waals surface area contributed by atoms with Crippen molar-refractivity contribution in [3.05, 3.63) is 0 Å². The number of amides is 1. The van der Waals surface area contributed by atoms with Crippen LogP contribution in [-0.4, -0.2) is 51.4 Å². The smallest absolute Gasteiger partial charge is 0.351 e. The largest absolute Gasteiger partial charge is 0.481 e. The van der Waals surface area contributed by atoms with Crippen LogP contribution in [0.2, 0.25) is 0 Å². The van der Waals surface area contributed by atoms with Crippen molar-refractivity contribution in [3.63, 3.8) is 0 Å². The molecule has 0 rings (SSSR count). The van der Waals surface area contributed by atoms with Crippen molar-refractivity contribution in [1.82, 2.24) is 5.32 Å². The Balaban J connectivity index is 0. The molecule has 0 fully saturated rings. The quantitative estimate of drug-likeness (QED) is 0.229. The number of unbranched alkanes of at least 4 members (excludes halogenated alkanes) is 1. The van der Waals surface area contributed by atoms with Gasteiger partial charge in [-0.1, -0.05) is 13.8 Å². The Morgan fingerprint density at radius 3 is 2.24 bits per heavy atom. The third-order valence-electron chi connectivity index (χ3n) is 3.33. The summed E-state index contributed by atoms with van der Waals surface area (Å²) in [4.78, 5) is 43.6. The Hall–Kier alpha value is -1.48. The van der Waals surface area contributed by atoms with Gasteiger partial charge in [0.25, 0.3) is 0 Å². The summed E-state index contributed by atoms with van der Waals surface area (Å²) in [5, 5.41) is 20.0. The Labute approximate surface area is 147 Å². The zero-order chi connectivity index (χ0) is 19.6. The molecule has 0 saturated carbocycles. The minimum absolute atomic E-state index is 0. The molecule has 11 heteroatoms. The summed E-state index contributed by atoms with van der Waals surface area (Å²) in [5.74, 6) is -5.17. The van der Waals surface area contributed by atoms with Crippen molar-refractivity contribution in [1.29, 1.82) is 0 Å². The molecule has 0 aliphatic heterocycles. The van der Waals surface area contributed by atoms with Crippen LogP contribution in [0.4, 0.5) is 0 Å². The number of hydrogen-bond donors (Lipinski definition) is 5. The molecule has 0 radical (unpaired) electrons. The van der Waals surface area contributed by atoms with Crippen LogP contribution in [0.15, 0.2) is 0 Å². The van der Waals surface area contributed by atoms with Gasteiger partial charge in [-0.25, -0.2) is 4.79 Å². The molecule has 3 atom stereocenters. The maximum Gasteiger partial charge on any atom is 0.351 e.